The van der Waals surface area contributed by atoms with Crippen molar-refractivity contribution < 1.29 is 13.9 Å². The summed E-state index contributed by atoms with van der Waals surface area (Å²) in [5.41, 5.74) is 1.11. The molecule has 0 aliphatic carbocycles. The van der Waals surface area contributed by atoms with E-state index in [0.29, 0.717) is 26.2 Å². The maximum Gasteiger partial charge on any atom is 0.343 e. The van der Waals surface area contributed by atoms with E-state index in [0.717, 1.165) is 5.56 Å². The number of rotatable bonds is 3. The second-order valence-electron chi connectivity index (χ2n) is 6.57. The Hall–Kier alpha value is -2.79. The van der Waals surface area contributed by atoms with Gasteiger partial charge in [0.25, 0.3) is 0 Å². The van der Waals surface area contributed by atoms with E-state index in [4.69, 9.17) is 44.0 Å². The van der Waals surface area contributed by atoms with E-state index in [-0.39, 0.29) is 22.5 Å². The van der Waals surface area contributed by atoms with Crippen LogP contribution < -0.4 is 10.2 Å². The number of benzene rings is 3. The molecular weight excluding hydrogens is 447 g/mol. The molecule has 0 saturated carbocycles. The van der Waals surface area contributed by atoms with Gasteiger partial charge in [-0.3, -0.25) is 4.79 Å². The highest BCUT2D eigenvalue weighted by Crippen LogP contribution is 2.36. The average molecular weight is 460 g/mol. The van der Waals surface area contributed by atoms with Crippen LogP contribution in [0.2, 0.25) is 15.1 Å². The zero-order valence-electron chi connectivity index (χ0n) is 15.5. The zero-order chi connectivity index (χ0) is 21.4. The summed E-state index contributed by atoms with van der Waals surface area (Å²) in [5, 5.41) is 1.29. The Morgan fingerprint density at radius 1 is 0.933 bits per heavy atom. The molecule has 3 aromatic carbocycles. The van der Waals surface area contributed by atoms with Gasteiger partial charge in [-0.2, -0.15) is 0 Å². The van der Waals surface area contributed by atoms with Crippen molar-refractivity contribution in [2.24, 2.45) is 0 Å². The maximum absolute atomic E-state index is 13.3. The molecule has 4 rings (SSSR count). The highest BCUT2D eigenvalue weighted by atomic mass is 35.5. The van der Waals surface area contributed by atoms with Crippen LogP contribution in [0.3, 0.4) is 0 Å². The number of hydrogen-bond acceptors (Lipinski definition) is 4. The number of aryl methyl sites for hydroxylation is 1. The summed E-state index contributed by atoms with van der Waals surface area (Å²) in [5.74, 6) is -0.980. The van der Waals surface area contributed by atoms with Crippen molar-refractivity contribution in [2.75, 3.05) is 0 Å². The number of esters is 1. The molecule has 0 unspecified atom stereocenters. The number of ether oxygens (including phenoxy) is 1. The molecule has 30 heavy (non-hydrogen) atoms. The molecule has 150 valence electrons. The Morgan fingerprint density at radius 2 is 1.70 bits per heavy atom. The van der Waals surface area contributed by atoms with Crippen LogP contribution >= 0.6 is 34.8 Å². The van der Waals surface area contributed by atoms with Crippen LogP contribution in [0.25, 0.3) is 22.3 Å². The molecule has 0 aliphatic rings. The lowest BCUT2D eigenvalue weighted by Crippen LogP contribution is -2.16. The Labute approximate surface area is 186 Å². The molecular formula is C23H13Cl3O4. The molecule has 0 atom stereocenters. The van der Waals surface area contributed by atoms with Gasteiger partial charge in [0, 0.05) is 15.6 Å². The van der Waals surface area contributed by atoms with E-state index in [1.807, 2.05) is 0 Å². The summed E-state index contributed by atoms with van der Waals surface area (Å²) in [6, 6.07) is 16.2. The fraction of sp³-hybridized carbons (Fsp3) is 0.0435. The average Bonchev–Trinajstić information content (AvgIpc) is 2.72. The summed E-state index contributed by atoms with van der Waals surface area (Å²) in [6.07, 6.45) is 0. The minimum absolute atomic E-state index is 0.0511. The summed E-state index contributed by atoms with van der Waals surface area (Å²) in [7, 11) is 0. The highest BCUT2D eigenvalue weighted by molar-refractivity contribution is 6.33. The Morgan fingerprint density at radius 3 is 2.43 bits per heavy atom. The minimum Gasteiger partial charge on any atom is -0.452 e. The second-order valence-corrected chi connectivity index (χ2v) is 7.82. The Kier molecular flexibility index (Phi) is 5.56. The molecule has 4 nitrogen and oxygen atoms in total. The van der Waals surface area contributed by atoms with Crippen LogP contribution in [-0.4, -0.2) is 5.97 Å². The van der Waals surface area contributed by atoms with Crippen molar-refractivity contribution in [3.05, 3.63) is 97.1 Å². The molecule has 0 bridgehead atoms. The predicted octanol–water partition coefficient (Wildman–Crippen LogP) is 6.95. The van der Waals surface area contributed by atoms with E-state index in [1.54, 1.807) is 49.4 Å². The molecule has 0 fully saturated rings. The lowest BCUT2D eigenvalue weighted by molar-refractivity contribution is 0.0731. The van der Waals surface area contributed by atoms with Crippen LogP contribution in [-0.2, 0) is 0 Å². The lowest BCUT2D eigenvalue weighted by atomic mass is 10.1. The van der Waals surface area contributed by atoms with E-state index in [1.165, 1.54) is 18.2 Å². The van der Waals surface area contributed by atoms with Gasteiger partial charge in [-0.25, -0.2) is 4.79 Å². The van der Waals surface area contributed by atoms with Crippen molar-refractivity contribution in [3.63, 3.8) is 0 Å². The molecule has 0 spiro atoms. The van der Waals surface area contributed by atoms with Crippen LogP contribution in [0.1, 0.15) is 15.9 Å². The van der Waals surface area contributed by atoms with Crippen molar-refractivity contribution in [2.45, 2.75) is 6.92 Å². The van der Waals surface area contributed by atoms with Crippen molar-refractivity contribution in [1.82, 2.24) is 0 Å². The standard InChI is InChI=1S/C23H13Cl3O4/c1-12-9-19-16(11-18(12)26)20(27)22(21(29-19)15-7-2-3-8-17(15)25)30-23(28)13-5-4-6-14(24)10-13/h2-11H,1H3. The number of carbonyl (C=O) groups is 1. The van der Waals surface area contributed by atoms with Crippen LogP contribution in [0.4, 0.5) is 0 Å². The van der Waals surface area contributed by atoms with Gasteiger partial charge in [0.15, 0.2) is 5.76 Å². The zero-order valence-corrected chi connectivity index (χ0v) is 17.8. The van der Waals surface area contributed by atoms with Crippen molar-refractivity contribution in [3.8, 4) is 17.1 Å². The molecule has 4 aromatic rings. The van der Waals surface area contributed by atoms with Gasteiger partial charge >= 0.3 is 5.97 Å². The smallest absolute Gasteiger partial charge is 0.343 e. The number of halogens is 3. The van der Waals surface area contributed by atoms with Crippen LogP contribution in [0.15, 0.2) is 69.9 Å². The number of carbonyl (C=O) groups excluding carboxylic acids is 1. The SMILES string of the molecule is Cc1cc2oc(-c3ccccc3Cl)c(OC(=O)c3cccc(Cl)c3)c(=O)c2cc1Cl. The van der Waals surface area contributed by atoms with Crippen molar-refractivity contribution in [1.29, 1.82) is 0 Å². The number of hydrogen-bond donors (Lipinski definition) is 0. The topological polar surface area (TPSA) is 56.5 Å². The fourth-order valence-corrected chi connectivity index (χ4v) is 3.56. The summed E-state index contributed by atoms with van der Waals surface area (Å²) < 4.78 is 11.5. The van der Waals surface area contributed by atoms with E-state index in [9.17, 15) is 9.59 Å². The first-order valence-corrected chi connectivity index (χ1v) is 9.98. The maximum atomic E-state index is 13.3. The Bertz CT molecular complexity index is 1360. The van der Waals surface area contributed by atoms with Gasteiger partial charge in [0.05, 0.1) is 16.0 Å². The van der Waals surface area contributed by atoms with Gasteiger partial charge < -0.3 is 9.15 Å². The first-order chi connectivity index (χ1) is 14.3. The van der Waals surface area contributed by atoms with Crippen molar-refractivity contribution >= 4 is 51.7 Å². The third-order valence-electron chi connectivity index (χ3n) is 4.50. The predicted molar refractivity (Wildman–Crippen MR) is 119 cm³/mol. The molecule has 1 heterocycles. The van der Waals surface area contributed by atoms with Gasteiger partial charge in [0.2, 0.25) is 11.2 Å². The first-order valence-electron chi connectivity index (χ1n) is 8.85. The summed E-state index contributed by atoms with van der Waals surface area (Å²) in [4.78, 5) is 26.0. The minimum atomic E-state index is -0.754. The quantitative estimate of drug-likeness (QED) is 0.311. The molecule has 0 saturated heterocycles. The first kappa shape index (κ1) is 20.5. The van der Waals surface area contributed by atoms with E-state index >= 15 is 0 Å². The van der Waals surface area contributed by atoms with Crippen LogP contribution in [0, 0.1) is 6.92 Å². The largest absolute Gasteiger partial charge is 0.452 e. The molecule has 0 N–H and O–H groups in total. The van der Waals surface area contributed by atoms with Gasteiger partial charge in [-0.15, -0.1) is 0 Å². The Balaban J connectivity index is 1.96. The number of fused-ring (bicyclic) bond motifs is 1. The molecule has 0 radical (unpaired) electrons. The summed E-state index contributed by atoms with van der Waals surface area (Å²) >= 11 is 18.5. The molecule has 0 aliphatic heterocycles. The van der Waals surface area contributed by atoms with Gasteiger partial charge in [-0.1, -0.05) is 53.0 Å². The molecule has 1 aromatic heterocycles. The van der Waals surface area contributed by atoms with E-state index in [2.05, 4.69) is 0 Å². The van der Waals surface area contributed by atoms with E-state index < -0.39 is 11.4 Å². The fourth-order valence-electron chi connectivity index (χ4n) is 2.98. The third kappa shape index (κ3) is 3.82. The van der Waals surface area contributed by atoms with Gasteiger partial charge in [-0.05, 0) is 55.0 Å². The van der Waals surface area contributed by atoms with Gasteiger partial charge in [0.1, 0.15) is 5.58 Å². The molecule has 7 heteroatoms. The summed E-state index contributed by atoms with van der Waals surface area (Å²) in [6.45, 7) is 1.80. The lowest BCUT2D eigenvalue weighted by Gasteiger charge is -2.12. The monoisotopic (exact) mass is 458 g/mol. The normalized spacial score (nSPS) is 10.9. The van der Waals surface area contributed by atoms with Crippen LogP contribution in [0.5, 0.6) is 5.75 Å². The highest BCUT2D eigenvalue weighted by Gasteiger charge is 2.23. The molecule has 0 amide bonds. The second kappa shape index (κ2) is 8.15. The third-order valence-corrected chi connectivity index (χ3v) is 5.48.